The van der Waals surface area contributed by atoms with E-state index in [-0.39, 0.29) is 36.3 Å². The summed E-state index contributed by atoms with van der Waals surface area (Å²) in [5.74, 6) is -0.100. The number of alkyl halides is 1. The predicted molar refractivity (Wildman–Crippen MR) is 126 cm³/mol. The van der Waals surface area contributed by atoms with Crippen LogP contribution >= 0.6 is 0 Å². The second-order valence-electron chi connectivity index (χ2n) is 9.60. The first-order valence-corrected chi connectivity index (χ1v) is 11.9. The third kappa shape index (κ3) is 5.44. The Labute approximate surface area is 195 Å². The molecular formula is C27H33FN2O3. The van der Waals surface area contributed by atoms with Crippen molar-refractivity contribution in [3.8, 4) is 5.75 Å². The molecule has 0 aliphatic carbocycles. The van der Waals surface area contributed by atoms with Crippen LogP contribution in [0.5, 0.6) is 5.75 Å². The quantitative estimate of drug-likeness (QED) is 0.479. The number of likely N-dealkylation sites (tertiary alicyclic amines) is 2. The van der Waals surface area contributed by atoms with Gasteiger partial charge in [0.25, 0.3) is 0 Å². The van der Waals surface area contributed by atoms with Gasteiger partial charge in [-0.25, -0.2) is 4.39 Å². The lowest BCUT2D eigenvalue weighted by Crippen LogP contribution is -2.49. The molecule has 3 atom stereocenters. The minimum absolute atomic E-state index is 0.109. The molecule has 2 heterocycles. The predicted octanol–water partition coefficient (Wildman–Crippen LogP) is 4.48. The molecule has 176 valence electrons. The van der Waals surface area contributed by atoms with E-state index in [1.807, 2.05) is 28.9 Å². The van der Waals surface area contributed by atoms with Crippen molar-refractivity contribution in [2.75, 3.05) is 19.6 Å². The molecule has 2 aromatic rings. The number of esters is 1. The maximum atomic E-state index is 15.2. The van der Waals surface area contributed by atoms with Gasteiger partial charge in [-0.3, -0.25) is 14.5 Å². The van der Waals surface area contributed by atoms with Gasteiger partial charge in [0.1, 0.15) is 11.9 Å². The van der Waals surface area contributed by atoms with E-state index in [1.54, 1.807) is 26.0 Å². The molecule has 2 aromatic carbocycles. The number of amides is 1. The molecule has 2 aliphatic heterocycles. The lowest BCUT2D eigenvalue weighted by Gasteiger charge is -2.37. The third-order valence-electron chi connectivity index (χ3n) is 6.77. The number of aryl methyl sites for hydroxylation is 1. The number of ether oxygens (including phenoxy) is 1. The minimum atomic E-state index is -1.04. The number of piperidine rings is 1. The summed E-state index contributed by atoms with van der Waals surface area (Å²) in [5, 5.41) is 0. The van der Waals surface area contributed by atoms with Crippen LogP contribution < -0.4 is 4.74 Å². The number of carbonyl (C=O) groups excluding carboxylic acids is 2. The number of halogens is 1. The van der Waals surface area contributed by atoms with Gasteiger partial charge in [-0.1, -0.05) is 55.8 Å². The van der Waals surface area contributed by atoms with Crippen LogP contribution in [0.3, 0.4) is 0 Å². The molecule has 0 saturated carbocycles. The highest BCUT2D eigenvalue weighted by molar-refractivity contribution is 5.84. The molecule has 0 radical (unpaired) electrons. The number of hydrogen-bond donors (Lipinski definition) is 0. The van der Waals surface area contributed by atoms with Crippen molar-refractivity contribution in [1.82, 2.24) is 9.80 Å². The largest absolute Gasteiger partial charge is 0.426 e. The Morgan fingerprint density at radius 2 is 1.76 bits per heavy atom. The van der Waals surface area contributed by atoms with Crippen molar-refractivity contribution in [3.63, 3.8) is 0 Å². The third-order valence-corrected chi connectivity index (χ3v) is 6.77. The van der Waals surface area contributed by atoms with E-state index < -0.39 is 6.17 Å². The first-order chi connectivity index (χ1) is 15.8. The fourth-order valence-electron chi connectivity index (χ4n) is 4.74. The molecule has 2 fully saturated rings. The van der Waals surface area contributed by atoms with Crippen molar-refractivity contribution in [3.05, 3.63) is 65.2 Å². The average Bonchev–Trinajstić information content (AvgIpc) is 3.16. The summed E-state index contributed by atoms with van der Waals surface area (Å²) in [6, 6.07) is 15.2. The van der Waals surface area contributed by atoms with E-state index in [1.165, 1.54) is 5.56 Å². The lowest BCUT2D eigenvalue weighted by atomic mass is 9.87. The Morgan fingerprint density at radius 3 is 2.39 bits per heavy atom. The van der Waals surface area contributed by atoms with Crippen LogP contribution in [0.4, 0.5) is 4.39 Å². The maximum Gasteiger partial charge on any atom is 0.313 e. The highest BCUT2D eigenvalue weighted by Gasteiger charge is 2.40. The van der Waals surface area contributed by atoms with Gasteiger partial charge in [-0.2, -0.15) is 0 Å². The molecule has 2 saturated heterocycles. The molecule has 1 amide bonds. The molecule has 4 rings (SSSR count). The van der Waals surface area contributed by atoms with Crippen molar-refractivity contribution in [2.45, 2.75) is 58.3 Å². The lowest BCUT2D eigenvalue weighted by molar-refractivity contribution is -0.137. The Kier molecular flexibility index (Phi) is 7.13. The molecule has 5 nitrogen and oxygen atoms in total. The van der Waals surface area contributed by atoms with Crippen LogP contribution in [-0.2, 0) is 16.1 Å². The second kappa shape index (κ2) is 10.0. The maximum absolute atomic E-state index is 15.2. The first-order valence-electron chi connectivity index (χ1n) is 11.9. The van der Waals surface area contributed by atoms with Gasteiger partial charge in [-0.15, -0.1) is 0 Å². The number of rotatable bonds is 6. The first kappa shape index (κ1) is 23.4. The van der Waals surface area contributed by atoms with Gasteiger partial charge in [0, 0.05) is 25.6 Å². The summed E-state index contributed by atoms with van der Waals surface area (Å²) in [5.41, 5.74) is 3.23. The summed E-state index contributed by atoms with van der Waals surface area (Å²) in [6.45, 7) is 7.91. The van der Waals surface area contributed by atoms with E-state index in [0.29, 0.717) is 31.8 Å². The van der Waals surface area contributed by atoms with Gasteiger partial charge >= 0.3 is 5.97 Å². The van der Waals surface area contributed by atoms with Crippen LogP contribution in [-0.4, -0.2) is 53.5 Å². The summed E-state index contributed by atoms with van der Waals surface area (Å²) < 4.78 is 20.5. The fraction of sp³-hybridized carbons (Fsp3) is 0.481. The van der Waals surface area contributed by atoms with Crippen LogP contribution in [0.1, 0.15) is 49.3 Å². The van der Waals surface area contributed by atoms with Crippen LogP contribution in [0, 0.1) is 12.8 Å². The van der Waals surface area contributed by atoms with Crippen LogP contribution in [0.15, 0.2) is 48.5 Å². The highest BCUT2D eigenvalue weighted by Crippen LogP contribution is 2.34. The zero-order valence-corrected chi connectivity index (χ0v) is 19.7. The van der Waals surface area contributed by atoms with Crippen molar-refractivity contribution < 1.29 is 18.7 Å². The average molecular weight is 453 g/mol. The zero-order valence-electron chi connectivity index (χ0n) is 19.7. The van der Waals surface area contributed by atoms with Gasteiger partial charge in [0.15, 0.2) is 0 Å². The van der Waals surface area contributed by atoms with E-state index in [0.717, 1.165) is 17.5 Å². The van der Waals surface area contributed by atoms with E-state index in [4.69, 9.17) is 4.74 Å². The zero-order chi connectivity index (χ0) is 23.5. The van der Waals surface area contributed by atoms with Gasteiger partial charge in [-0.05, 0) is 49.6 Å². The number of nitrogens with zero attached hydrogens (tertiary/aromatic N) is 2. The van der Waals surface area contributed by atoms with Crippen molar-refractivity contribution in [1.29, 1.82) is 0 Å². The Morgan fingerprint density at radius 1 is 1.06 bits per heavy atom. The Hall–Kier alpha value is -2.73. The Balaban J connectivity index is 1.33. The van der Waals surface area contributed by atoms with E-state index in [9.17, 15) is 9.59 Å². The van der Waals surface area contributed by atoms with Crippen molar-refractivity contribution in [2.24, 2.45) is 5.92 Å². The van der Waals surface area contributed by atoms with Crippen molar-refractivity contribution >= 4 is 11.9 Å². The molecular weight excluding hydrogens is 419 g/mol. The standard InChI is InChI=1S/C27H33FN2O3/c1-18(2)27(32)33-22-10-8-21(9-11-22)23-12-14-29(17-24(23)28)25-13-15-30(26(25)31)16-20-6-4-19(3)5-7-20/h4-11,18,23-25H,12-17H2,1-3H3/t23-,24+,25+/m0/s1. The molecule has 33 heavy (non-hydrogen) atoms. The topological polar surface area (TPSA) is 49.9 Å². The SMILES string of the molecule is Cc1ccc(CN2CC[C@@H](N3CC[C@@H](c4ccc(OC(=O)C(C)C)cc4)[C@H](F)C3)C2=O)cc1. The molecule has 0 aromatic heterocycles. The summed E-state index contributed by atoms with van der Waals surface area (Å²) in [7, 11) is 0. The molecule has 0 bridgehead atoms. The monoisotopic (exact) mass is 452 g/mol. The molecule has 0 N–H and O–H groups in total. The smallest absolute Gasteiger partial charge is 0.313 e. The summed E-state index contributed by atoms with van der Waals surface area (Å²) in [4.78, 5) is 28.7. The normalized spacial score (nSPS) is 23.8. The highest BCUT2D eigenvalue weighted by atomic mass is 19.1. The van der Waals surface area contributed by atoms with Gasteiger partial charge in [0.2, 0.25) is 5.91 Å². The summed E-state index contributed by atoms with van der Waals surface area (Å²) in [6.07, 6.45) is 0.369. The number of hydrogen-bond acceptors (Lipinski definition) is 4. The molecule has 6 heteroatoms. The van der Waals surface area contributed by atoms with Crippen LogP contribution in [0.25, 0.3) is 0 Å². The van der Waals surface area contributed by atoms with Gasteiger partial charge in [0.05, 0.1) is 12.0 Å². The Bertz CT molecular complexity index is 974. The van der Waals surface area contributed by atoms with E-state index >= 15 is 4.39 Å². The minimum Gasteiger partial charge on any atom is -0.426 e. The van der Waals surface area contributed by atoms with Crippen LogP contribution in [0.2, 0.25) is 0 Å². The number of carbonyl (C=O) groups is 2. The fourth-order valence-corrected chi connectivity index (χ4v) is 4.74. The molecule has 0 spiro atoms. The molecule has 2 aliphatic rings. The molecule has 0 unspecified atom stereocenters. The summed E-state index contributed by atoms with van der Waals surface area (Å²) >= 11 is 0. The van der Waals surface area contributed by atoms with E-state index in [2.05, 4.69) is 24.3 Å². The van der Waals surface area contributed by atoms with Gasteiger partial charge < -0.3 is 9.64 Å². The second-order valence-corrected chi connectivity index (χ2v) is 9.60. The number of benzene rings is 2.